The molecule has 1 saturated heterocycles. The number of anilines is 1. The third-order valence-corrected chi connectivity index (χ3v) is 6.92. The molecule has 1 atom stereocenters. The van der Waals surface area contributed by atoms with E-state index < -0.39 is 16.2 Å². The molecular weight excluding hydrogens is 428 g/mol. The van der Waals surface area contributed by atoms with Gasteiger partial charge in [-0.05, 0) is 37.1 Å². The van der Waals surface area contributed by atoms with Crippen molar-refractivity contribution in [2.45, 2.75) is 38.8 Å². The van der Waals surface area contributed by atoms with Crippen LogP contribution in [0.25, 0.3) is 0 Å². The van der Waals surface area contributed by atoms with Crippen LogP contribution in [0.1, 0.15) is 32.6 Å². The average Bonchev–Trinajstić information content (AvgIpc) is 2.82. The van der Waals surface area contributed by atoms with Crippen molar-refractivity contribution in [2.24, 2.45) is 0 Å². The average molecular weight is 461 g/mol. The summed E-state index contributed by atoms with van der Waals surface area (Å²) < 4.78 is 33.4. The lowest BCUT2D eigenvalue weighted by Gasteiger charge is -2.40. The number of nitrogens with zero attached hydrogens (tertiary/aromatic N) is 3. The number of benzene rings is 1. The van der Waals surface area contributed by atoms with Crippen molar-refractivity contribution >= 4 is 21.7 Å². The molecule has 0 aliphatic carbocycles. The number of rotatable bonds is 11. The molecule has 0 saturated carbocycles. The molecule has 8 nitrogen and oxygen atoms in total. The third-order valence-electron chi connectivity index (χ3n) is 5.46. The second kappa shape index (κ2) is 11.9. The van der Waals surface area contributed by atoms with Crippen molar-refractivity contribution in [3.63, 3.8) is 0 Å². The number of nitrogens with one attached hydrogen (secondary N) is 1. The third kappa shape index (κ3) is 7.58. The molecule has 2 heterocycles. The molecule has 0 amide bonds. The summed E-state index contributed by atoms with van der Waals surface area (Å²) in [5.74, 6) is 0.207. The first-order valence-electron chi connectivity index (χ1n) is 11.1. The fraction of sp³-hybridized carbons (Fsp3) is 0.478. The predicted molar refractivity (Wildman–Crippen MR) is 125 cm³/mol. The number of hydrogen-bond donors (Lipinski definition) is 1. The number of ether oxygens (including phenoxy) is 1. The van der Waals surface area contributed by atoms with Gasteiger partial charge in [-0.15, -0.1) is 0 Å². The van der Waals surface area contributed by atoms with Crippen LogP contribution in [0.3, 0.4) is 0 Å². The van der Waals surface area contributed by atoms with Crippen LogP contribution in [0.15, 0.2) is 54.9 Å². The maximum atomic E-state index is 12.6. The largest absolute Gasteiger partial charge is 0.427 e. The van der Waals surface area contributed by atoms with Gasteiger partial charge in [0.25, 0.3) is 0 Å². The summed E-state index contributed by atoms with van der Waals surface area (Å²) in [4.78, 5) is 20.8. The van der Waals surface area contributed by atoms with E-state index in [1.54, 1.807) is 36.7 Å². The Bertz CT molecular complexity index is 933. The number of carbonyl (C=O) groups excluding carboxylic acids is 1. The molecular formula is C23H32N4O4S. The Morgan fingerprint density at radius 2 is 1.78 bits per heavy atom. The van der Waals surface area contributed by atoms with Gasteiger partial charge >= 0.3 is 5.97 Å². The summed E-state index contributed by atoms with van der Waals surface area (Å²) >= 11 is 0. The van der Waals surface area contributed by atoms with Crippen LogP contribution in [-0.2, 0) is 14.8 Å². The Morgan fingerprint density at radius 3 is 2.44 bits per heavy atom. The molecule has 1 unspecified atom stereocenters. The zero-order valence-corrected chi connectivity index (χ0v) is 19.3. The number of piperazine rings is 1. The van der Waals surface area contributed by atoms with Crippen molar-refractivity contribution in [1.82, 2.24) is 14.6 Å². The zero-order chi connectivity index (χ0) is 22.8. The van der Waals surface area contributed by atoms with Crippen LogP contribution in [0.5, 0.6) is 5.75 Å². The van der Waals surface area contributed by atoms with Crippen molar-refractivity contribution in [3.05, 3.63) is 54.9 Å². The molecule has 1 N–H and O–H groups in total. The van der Waals surface area contributed by atoms with E-state index in [0.717, 1.165) is 25.2 Å². The van der Waals surface area contributed by atoms with Gasteiger partial charge < -0.3 is 9.64 Å². The highest BCUT2D eigenvalue weighted by Crippen LogP contribution is 2.18. The van der Waals surface area contributed by atoms with Crippen LogP contribution < -0.4 is 14.4 Å². The standard InChI is InChI=1S/C23H32N4O4S/c1-2-3-19-32(29,30)25-22(9-10-23(28)31-21-7-5-4-6-8-21)27-17-15-26(16-18-27)20-11-13-24-14-12-20/h4-8,11-14,22,25H,2-3,9-10,15-19H2,1H3. The minimum atomic E-state index is -3.43. The van der Waals surface area contributed by atoms with E-state index >= 15 is 0 Å². The van der Waals surface area contributed by atoms with Gasteiger partial charge in [0.15, 0.2) is 0 Å². The molecule has 32 heavy (non-hydrogen) atoms. The molecule has 1 fully saturated rings. The number of carbonyl (C=O) groups is 1. The summed E-state index contributed by atoms with van der Waals surface area (Å²) in [6.07, 6.45) is 4.98. The molecule has 0 bridgehead atoms. The quantitative estimate of drug-likeness (QED) is 0.407. The molecule has 1 aliphatic rings. The van der Waals surface area contributed by atoms with Crippen LogP contribution >= 0.6 is 0 Å². The van der Waals surface area contributed by atoms with Gasteiger partial charge in [-0.3, -0.25) is 14.7 Å². The monoisotopic (exact) mass is 460 g/mol. The minimum Gasteiger partial charge on any atom is -0.427 e. The van der Waals surface area contributed by atoms with E-state index in [-0.39, 0.29) is 18.1 Å². The highest BCUT2D eigenvalue weighted by Gasteiger charge is 2.28. The first-order chi connectivity index (χ1) is 15.5. The van der Waals surface area contributed by atoms with Gasteiger partial charge in [-0.2, -0.15) is 4.72 Å². The lowest BCUT2D eigenvalue weighted by atomic mass is 10.2. The van der Waals surface area contributed by atoms with E-state index in [1.165, 1.54) is 0 Å². The Labute approximate surface area is 190 Å². The molecule has 2 aromatic rings. The molecule has 174 valence electrons. The molecule has 0 radical (unpaired) electrons. The van der Waals surface area contributed by atoms with Gasteiger partial charge in [0.05, 0.1) is 11.9 Å². The highest BCUT2D eigenvalue weighted by atomic mass is 32.2. The first kappa shape index (κ1) is 24.2. The van der Waals surface area contributed by atoms with Crippen LogP contribution in [0.4, 0.5) is 5.69 Å². The zero-order valence-electron chi connectivity index (χ0n) is 18.5. The van der Waals surface area contributed by atoms with Crippen LogP contribution in [-0.4, -0.2) is 62.4 Å². The normalized spacial score (nSPS) is 16.0. The first-order valence-corrected chi connectivity index (χ1v) is 12.8. The predicted octanol–water partition coefficient (Wildman–Crippen LogP) is 2.64. The molecule has 1 aromatic heterocycles. The summed E-state index contributed by atoms with van der Waals surface area (Å²) in [6.45, 7) is 4.89. The van der Waals surface area contributed by atoms with E-state index in [1.807, 2.05) is 25.1 Å². The van der Waals surface area contributed by atoms with Gasteiger partial charge in [-0.25, -0.2) is 8.42 Å². The summed E-state index contributed by atoms with van der Waals surface area (Å²) in [6, 6.07) is 12.8. The summed E-state index contributed by atoms with van der Waals surface area (Å²) in [5.41, 5.74) is 1.10. The van der Waals surface area contributed by atoms with Crippen LogP contribution in [0, 0.1) is 0 Å². The lowest BCUT2D eigenvalue weighted by Crippen LogP contribution is -2.56. The van der Waals surface area contributed by atoms with Crippen molar-refractivity contribution < 1.29 is 17.9 Å². The number of sulfonamides is 1. The fourth-order valence-electron chi connectivity index (χ4n) is 3.69. The van der Waals surface area contributed by atoms with E-state index in [2.05, 4.69) is 19.5 Å². The Morgan fingerprint density at radius 1 is 1.09 bits per heavy atom. The topological polar surface area (TPSA) is 91.8 Å². The van der Waals surface area contributed by atoms with E-state index in [9.17, 15) is 13.2 Å². The fourth-order valence-corrected chi connectivity index (χ4v) is 5.16. The Kier molecular flexibility index (Phi) is 9.01. The smallest absolute Gasteiger partial charge is 0.311 e. The number of aromatic nitrogens is 1. The van der Waals surface area contributed by atoms with E-state index in [0.29, 0.717) is 31.7 Å². The van der Waals surface area contributed by atoms with Gasteiger partial charge in [0, 0.05) is 50.7 Å². The Hall–Kier alpha value is -2.49. The summed E-state index contributed by atoms with van der Waals surface area (Å²) in [7, 11) is -3.43. The van der Waals surface area contributed by atoms with Crippen molar-refractivity contribution in [3.8, 4) is 5.75 Å². The molecule has 9 heteroatoms. The van der Waals surface area contributed by atoms with Gasteiger partial charge in [0.2, 0.25) is 10.0 Å². The molecule has 1 aliphatic heterocycles. The minimum absolute atomic E-state index is 0.0887. The number of esters is 1. The van der Waals surface area contributed by atoms with Crippen LogP contribution in [0.2, 0.25) is 0 Å². The summed E-state index contributed by atoms with van der Waals surface area (Å²) in [5, 5.41) is 0. The van der Waals surface area contributed by atoms with Gasteiger partial charge in [-0.1, -0.05) is 31.5 Å². The second-order valence-corrected chi connectivity index (χ2v) is 9.73. The van der Waals surface area contributed by atoms with E-state index in [4.69, 9.17) is 4.74 Å². The maximum absolute atomic E-state index is 12.6. The molecule has 3 rings (SSSR count). The maximum Gasteiger partial charge on any atom is 0.311 e. The number of pyridine rings is 1. The second-order valence-electron chi connectivity index (χ2n) is 7.86. The molecule has 0 spiro atoms. The number of hydrogen-bond acceptors (Lipinski definition) is 7. The SMILES string of the molecule is CCCCS(=O)(=O)NC(CCC(=O)Oc1ccccc1)N1CCN(c2ccncc2)CC1. The molecule has 1 aromatic carbocycles. The number of para-hydroxylation sites is 1. The van der Waals surface area contributed by atoms with Crippen molar-refractivity contribution in [1.29, 1.82) is 0 Å². The lowest BCUT2D eigenvalue weighted by molar-refractivity contribution is -0.134. The highest BCUT2D eigenvalue weighted by molar-refractivity contribution is 7.89. The van der Waals surface area contributed by atoms with Crippen molar-refractivity contribution in [2.75, 3.05) is 36.8 Å². The van der Waals surface area contributed by atoms with Gasteiger partial charge in [0.1, 0.15) is 5.75 Å². The number of unbranched alkanes of at least 4 members (excludes halogenated alkanes) is 1. The Balaban J connectivity index is 1.61.